The van der Waals surface area contributed by atoms with E-state index in [4.69, 9.17) is 4.74 Å². The van der Waals surface area contributed by atoms with Gasteiger partial charge in [0.05, 0.1) is 12.0 Å². The topological polar surface area (TPSA) is 49.8 Å². The van der Waals surface area contributed by atoms with Crippen LogP contribution in [0.5, 0.6) is 0 Å². The minimum atomic E-state index is -0.664. The molecule has 1 aromatic rings. The van der Waals surface area contributed by atoms with Crippen LogP contribution >= 0.6 is 0 Å². The molecule has 1 N–H and O–H groups in total. The van der Waals surface area contributed by atoms with Crippen molar-refractivity contribution in [3.63, 3.8) is 0 Å². The number of amides is 1. The summed E-state index contributed by atoms with van der Waals surface area (Å²) in [4.78, 5) is 14.8. The van der Waals surface area contributed by atoms with Gasteiger partial charge >= 0.3 is 0 Å². The summed E-state index contributed by atoms with van der Waals surface area (Å²) in [6.07, 6.45) is 2.90. The Bertz CT molecular complexity index is 598. The molecule has 2 aliphatic heterocycles. The van der Waals surface area contributed by atoms with Crippen LogP contribution in [0.15, 0.2) is 18.2 Å². The highest BCUT2D eigenvalue weighted by Gasteiger charge is 2.43. The van der Waals surface area contributed by atoms with Crippen molar-refractivity contribution >= 4 is 5.91 Å². The van der Waals surface area contributed by atoms with Crippen molar-refractivity contribution in [2.75, 3.05) is 32.9 Å². The van der Waals surface area contributed by atoms with Crippen molar-refractivity contribution in [2.24, 2.45) is 11.3 Å². The van der Waals surface area contributed by atoms with E-state index < -0.39 is 5.41 Å². The highest BCUT2D eigenvalue weighted by molar-refractivity contribution is 5.83. The number of halogens is 1. The highest BCUT2D eigenvalue weighted by Crippen LogP contribution is 2.34. The zero-order chi connectivity index (χ0) is 17.2. The van der Waals surface area contributed by atoms with Gasteiger partial charge in [-0.1, -0.05) is 12.1 Å². The van der Waals surface area contributed by atoms with E-state index in [0.717, 1.165) is 24.9 Å². The average Bonchev–Trinajstić information content (AvgIpc) is 3.06. The Morgan fingerprint density at radius 2 is 2.17 bits per heavy atom. The molecule has 5 heteroatoms. The van der Waals surface area contributed by atoms with Crippen LogP contribution in [0.4, 0.5) is 4.39 Å². The van der Waals surface area contributed by atoms with E-state index in [-0.39, 0.29) is 18.3 Å². The first-order chi connectivity index (χ1) is 11.5. The second-order valence-electron chi connectivity index (χ2n) is 7.24. The maximum absolute atomic E-state index is 13.7. The molecule has 3 rings (SSSR count). The van der Waals surface area contributed by atoms with Crippen molar-refractivity contribution in [3.05, 3.63) is 35.1 Å². The summed E-state index contributed by atoms with van der Waals surface area (Å²) in [5.74, 6) is 0.248. The Labute approximate surface area is 142 Å². The lowest BCUT2D eigenvalue weighted by molar-refractivity contribution is -0.150. The number of carbonyl (C=O) groups is 1. The summed E-state index contributed by atoms with van der Waals surface area (Å²) in [6, 6.07) is 5.38. The summed E-state index contributed by atoms with van der Waals surface area (Å²) >= 11 is 0. The largest absolute Gasteiger partial charge is 0.395 e. The average molecular weight is 335 g/mol. The first-order valence-electron chi connectivity index (χ1n) is 8.77. The zero-order valence-corrected chi connectivity index (χ0v) is 14.3. The van der Waals surface area contributed by atoms with Crippen molar-refractivity contribution in [1.29, 1.82) is 0 Å². The fourth-order valence-corrected chi connectivity index (χ4v) is 3.82. The molecule has 0 bridgehead atoms. The van der Waals surface area contributed by atoms with Crippen LogP contribution in [0.2, 0.25) is 0 Å². The molecule has 0 aromatic heterocycles. The molecule has 1 amide bonds. The maximum Gasteiger partial charge on any atom is 0.231 e. The molecular weight excluding hydrogens is 309 g/mol. The number of likely N-dealkylation sites (tertiary alicyclic amines) is 1. The van der Waals surface area contributed by atoms with Gasteiger partial charge in [-0.15, -0.1) is 0 Å². The molecule has 2 aliphatic rings. The van der Waals surface area contributed by atoms with Crippen LogP contribution in [0.1, 0.15) is 30.4 Å². The van der Waals surface area contributed by atoms with E-state index in [1.54, 1.807) is 13.0 Å². The van der Waals surface area contributed by atoms with Crippen LogP contribution in [-0.4, -0.2) is 48.8 Å². The number of carbonyl (C=O) groups excluding carboxylic acids is 1. The number of ether oxygens (including phenoxy) is 1. The fourth-order valence-electron chi connectivity index (χ4n) is 3.82. The van der Waals surface area contributed by atoms with E-state index in [0.29, 0.717) is 44.1 Å². The van der Waals surface area contributed by atoms with E-state index in [1.807, 2.05) is 17.0 Å². The van der Waals surface area contributed by atoms with E-state index >= 15 is 0 Å². The van der Waals surface area contributed by atoms with Gasteiger partial charge < -0.3 is 14.7 Å². The SMILES string of the molecule is Cc1ccc(CC2CCN(C(=O)C3(CO)CCOCC3)C2)cc1F. The number of rotatable bonds is 4. The number of aryl methyl sites for hydroxylation is 1. The van der Waals surface area contributed by atoms with E-state index in [1.165, 1.54) is 0 Å². The standard InChI is InChI=1S/C19H26FNO3/c1-14-2-3-15(11-17(14)20)10-16-4-7-21(12-16)18(23)19(13-22)5-8-24-9-6-19/h2-3,11,16,22H,4-10,12-13H2,1H3. The molecule has 1 atom stereocenters. The predicted molar refractivity (Wildman–Crippen MR) is 89.1 cm³/mol. The third-order valence-electron chi connectivity index (χ3n) is 5.54. The van der Waals surface area contributed by atoms with Gasteiger partial charge in [0, 0.05) is 26.3 Å². The lowest BCUT2D eigenvalue weighted by atomic mass is 9.79. The van der Waals surface area contributed by atoms with Gasteiger partial charge in [0.15, 0.2) is 0 Å². The first kappa shape index (κ1) is 17.4. The molecule has 1 aromatic carbocycles. The molecule has 4 nitrogen and oxygen atoms in total. The van der Waals surface area contributed by atoms with Gasteiger partial charge in [-0.3, -0.25) is 4.79 Å². The molecule has 2 fully saturated rings. The number of nitrogens with zero attached hydrogens (tertiary/aromatic N) is 1. The monoisotopic (exact) mass is 335 g/mol. The minimum Gasteiger partial charge on any atom is -0.395 e. The summed E-state index contributed by atoms with van der Waals surface area (Å²) in [5, 5.41) is 9.79. The quantitative estimate of drug-likeness (QED) is 0.919. The van der Waals surface area contributed by atoms with Gasteiger partial charge in [-0.25, -0.2) is 4.39 Å². The number of benzene rings is 1. The van der Waals surface area contributed by atoms with Crippen LogP contribution in [-0.2, 0) is 16.0 Å². The lowest BCUT2D eigenvalue weighted by Gasteiger charge is -2.37. The molecule has 0 aliphatic carbocycles. The summed E-state index contributed by atoms with van der Waals surface area (Å²) in [6.45, 7) is 4.13. The van der Waals surface area contributed by atoms with E-state index in [9.17, 15) is 14.3 Å². The van der Waals surface area contributed by atoms with E-state index in [2.05, 4.69) is 0 Å². The molecule has 0 saturated carbocycles. The molecule has 24 heavy (non-hydrogen) atoms. The number of hydrogen-bond donors (Lipinski definition) is 1. The number of aliphatic hydroxyl groups is 1. The predicted octanol–water partition coefficient (Wildman–Crippen LogP) is 2.31. The molecule has 0 radical (unpaired) electrons. The van der Waals surface area contributed by atoms with Gasteiger partial charge in [0.1, 0.15) is 5.82 Å². The van der Waals surface area contributed by atoms with Crippen LogP contribution in [0.25, 0.3) is 0 Å². The smallest absolute Gasteiger partial charge is 0.231 e. The summed E-state index contributed by atoms with van der Waals surface area (Å²) < 4.78 is 19.0. The number of hydrogen-bond acceptors (Lipinski definition) is 3. The molecule has 2 heterocycles. The van der Waals surface area contributed by atoms with Gasteiger partial charge in [0.2, 0.25) is 5.91 Å². The Morgan fingerprint density at radius 3 is 2.83 bits per heavy atom. The Kier molecular flexibility index (Phi) is 5.21. The van der Waals surface area contributed by atoms with Crippen molar-refractivity contribution in [2.45, 2.75) is 32.6 Å². The summed E-state index contributed by atoms with van der Waals surface area (Å²) in [7, 11) is 0. The first-order valence-corrected chi connectivity index (χ1v) is 8.77. The fraction of sp³-hybridized carbons (Fsp3) is 0.632. The second kappa shape index (κ2) is 7.19. The van der Waals surface area contributed by atoms with Gasteiger partial charge in [-0.05, 0) is 55.7 Å². The van der Waals surface area contributed by atoms with Gasteiger partial charge in [-0.2, -0.15) is 0 Å². The Hall–Kier alpha value is -1.46. The van der Waals surface area contributed by atoms with Crippen LogP contribution in [0.3, 0.4) is 0 Å². The Morgan fingerprint density at radius 1 is 1.42 bits per heavy atom. The lowest BCUT2D eigenvalue weighted by Crippen LogP contribution is -2.48. The molecule has 1 unspecified atom stereocenters. The highest BCUT2D eigenvalue weighted by atomic mass is 19.1. The van der Waals surface area contributed by atoms with Crippen molar-refractivity contribution in [3.8, 4) is 0 Å². The third kappa shape index (κ3) is 3.47. The number of aliphatic hydroxyl groups excluding tert-OH is 1. The normalized spacial score (nSPS) is 23.5. The second-order valence-corrected chi connectivity index (χ2v) is 7.24. The summed E-state index contributed by atoms with van der Waals surface area (Å²) in [5.41, 5.74) is 0.982. The molecular formula is C19H26FNO3. The van der Waals surface area contributed by atoms with Crippen LogP contribution in [0, 0.1) is 24.1 Å². The van der Waals surface area contributed by atoms with Crippen molar-refractivity contribution < 1.29 is 19.0 Å². The third-order valence-corrected chi connectivity index (χ3v) is 5.54. The van der Waals surface area contributed by atoms with Gasteiger partial charge in [0.25, 0.3) is 0 Å². The maximum atomic E-state index is 13.7. The molecule has 0 spiro atoms. The van der Waals surface area contributed by atoms with Crippen LogP contribution < -0.4 is 0 Å². The molecule has 2 saturated heterocycles. The van der Waals surface area contributed by atoms with Crippen molar-refractivity contribution in [1.82, 2.24) is 4.90 Å². The zero-order valence-electron chi connectivity index (χ0n) is 14.3. The molecule has 132 valence electrons. The minimum absolute atomic E-state index is 0.0610. The Balaban J connectivity index is 1.62.